The Morgan fingerprint density at radius 3 is 2.92 bits per heavy atom. The molecular weight excluding hydrogens is 156 g/mol. The molecule has 0 aromatic heterocycles. The highest BCUT2D eigenvalue weighted by molar-refractivity contribution is 5.41. The Kier molecular flexibility index (Phi) is 2.90. The summed E-state index contributed by atoms with van der Waals surface area (Å²) >= 11 is 0. The van der Waals surface area contributed by atoms with Crippen molar-refractivity contribution in [2.75, 3.05) is 7.11 Å². The number of phenols is 1. The van der Waals surface area contributed by atoms with Crippen LogP contribution in [-0.4, -0.2) is 12.2 Å². The molecule has 0 spiro atoms. The van der Waals surface area contributed by atoms with Gasteiger partial charge in [-0.1, -0.05) is 6.07 Å². The molecular formula is C8H12N2O2. The fraction of sp³-hybridized carbons (Fsp3) is 0.250. The lowest BCUT2D eigenvalue weighted by molar-refractivity contribution is 0.373. The Morgan fingerprint density at radius 2 is 2.33 bits per heavy atom. The lowest BCUT2D eigenvalue weighted by Gasteiger charge is -2.05. The van der Waals surface area contributed by atoms with Crippen LogP contribution in [0, 0.1) is 0 Å². The molecule has 0 heterocycles. The highest BCUT2D eigenvalue weighted by atomic mass is 16.5. The topological polar surface area (TPSA) is 67.5 Å². The third kappa shape index (κ3) is 1.87. The van der Waals surface area contributed by atoms with Gasteiger partial charge in [-0.15, -0.1) is 0 Å². The van der Waals surface area contributed by atoms with Crippen LogP contribution in [0.1, 0.15) is 5.56 Å². The van der Waals surface area contributed by atoms with Crippen LogP contribution in [0.25, 0.3) is 0 Å². The molecule has 0 bridgehead atoms. The van der Waals surface area contributed by atoms with Gasteiger partial charge in [0.2, 0.25) is 0 Å². The van der Waals surface area contributed by atoms with Gasteiger partial charge in [0.05, 0.1) is 7.11 Å². The predicted octanol–water partition coefficient (Wildman–Crippen LogP) is 0.364. The molecule has 4 nitrogen and oxygen atoms in total. The molecule has 0 atom stereocenters. The van der Waals surface area contributed by atoms with E-state index in [1.807, 2.05) is 0 Å². The molecule has 12 heavy (non-hydrogen) atoms. The SMILES string of the molecule is COc1cc(CNN)ccc1O. The third-order valence-corrected chi connectivity index (χ3v) is 1.55. The van der Waals surface area contributed by atoms with E-state index in [4.69, 9.17) is 10.6 Å². The van der Waals surface area contributed by atoms with E-state index in [9.17, 15) is 5.11 Å². The van der Waals surface area contributed by atoms with Crippen LogP contribution >= 0.6 is 0 Å². The Morgan fingerprint density at radius 1 is 1.58 bits per heavy atom. The van der Waals surface area contributed by atoms with Crippen molar-refractivity contribution in [2.45, 2.75) is 6.54 Å². The van der Waals surface area contributed by atoms with E-state index >= 15 is 0 Å². The predicted molar refractivity (Wildman–Crippen MR) is 45.7 cm³/mol. The van der Waals surface area contributed by atoms with Crippen molar-refractivity contribution in [1.29, 1.82) is 0 Å². The first-order chi connectivity index (χ1) is 5.77. The minimum Gasteiger partial charge on any atom is -0.504 e. The smallest absolute Gasteiger partial charge is 0.160 e. The van der Waals surface area contributed by atoms with E-state index < -0.39 is 0 Å². The summed E-state index contributed by atoms with van der Waals surface area (Å²) in [6.45, 7) is 0.552. The fourth-order valence-electron chi connectivity index (χ4n) is 0.950. The molecule has 4 heteroatoms. The molecule has 0 unspecified atom stereocenters. The van der Waals surface area contributed by atoms with E-state index in [1.54, 1.807) is 18.2 Å². The summed E-state index contributed by atoms with van der Waals surface area (Å²) < 4.78 is 4.91. The first-order valence-corrected chi connectivity index (χ1v) is 3.57. The van der Waals surface area contributed by atoms with Crippen molar-refractivity contribution in [3.05, 3.63) is 23.8 Å². The van der Waals surface area contributed by atoms with Crippen molar-refractivity contribution in [3.8, 4) is 11.5 Å². The van der Waals surface area contributed by atoms with Crippen molar-refractivity contribution >= 4 is 0 Å². The van der Waals surface area contributed by atoms with Gasteiger partial charge in [-0.05, 0) is 17.7 Å². The van der Waals surface area contributed by atoms with Gasteiger partial charge >= 0.3 is 0 Å². The van der Waals surface area contributed by atoms with Gasteiger partial charge in [-0.3, -0.25) is 11.3 Å². The largest absolute Gasteiger partial charge is 0.504 e. The van der Waals surface area contributed by atoms with Crippen LogP contribution in [0.2, 0.25) is 0 Å². The lowest BCUT2D eigenvalue weighted by atomic mass is 10.2. The van der Waals surface area contributed by atoms with Gasteiger partial charge in [0.15, 0.2) is 11.5 Å². The van der Waals surface area contributed by atoms with E-state index in [0.29, 0.717) is 12.3 Å². The van der Waals surface area contributed by atoms with Crippen molar-refractivity contribution < 1.29 is 9.84 Å². The van der Waals surface area contributed by atoms with Crippen molar-refractivity contribution in [1.82, 2.24) is 5.43 Å². The molecule has 0 amide bonds. The van der Waals surface area contributed by atoms with Crippen LogP contribution in [-0.2, 0) is 6.54 Å². The normalized spacial score (nSPS) is 9.83. The molecule has 0 aliphatic rings. The summed E-state index contributed by atoms with van der Waals surface area (Å²) in [5.41, 5.74) is 3.48. The summed E-state index contributed by atoms with van der Waals surface area (Å²) in [7, 11) is 1.51. The monoisotopic (exact) mass is 168 g/mol. The minimum atomic E-state index is 0.137. The zero-order chi connectivity index (χ0) is 8.97. The highest BCUT2D eigenvalue weighted by Crippen LogP contribution is 2.25. The number of hydrogen-bond donors (Lipinski definition) is 3. The fourth-order valence-corrected chi connectivity index (χ4v) is 0.950. The molecule has 1 aromatic carbocycles. The van der Waals surface area contributed by atoms with Gasteiger partial charge in [-0.2, -0.15) is 0 Å². The van der Waals surface area contributed by atoms with Gasteiger partial charge in [-0.25, -0.2) is 0 Å². The van der Waals surface area contributed by atoms with Gasteiger partial charge in [0.25, 0.3) is 0 Å². The molecule has 1 aromatic rings. The summed E-state index contributed by atoms with van der Waals surface area (Å²) in [6.07, 6.45) is 0. The van der Waals surface area contributed by atoms with E-state index in [0.717, 1.165) is 5.56 Å². The maximum Gasteiger partial charge on any atom is 0.160 e. The second kappa shape index (κ2) is 3.94. The van der Waals surface area contributed by atoms with E-state index in [2.05, 4.69) is 5.43 Å². The average molecular weight is 168 g/mol. The van der Waals surface area contributed by atoms with Crippen molar-refractivity contribution in [3.63, 3.8) is 0 Å². The Labute approximate surface area is 70.9 Å². The second-order valence-electron chi connectivity index (χ2n) is 2.39. The second-order valence-corrected chi connectivity index (χ2v) is 2.39. The standard InChI is InChI=1S/C8H12N2O2/c1-12-8-4-6(5-10-9)2-3-7(8)11/h2-4,10-11H,5,9H2,1H3. The first kappa shape index (κ1) is 8.83. The number of rotatable bonds is 3. The van der Waals surface area contributed by atoms with Crippen molar-refractivity contribution in [2.24, 2.45) is 5.84 Å². The zero-order valence-corrected chi connectivity index (χ0v) is 6.87. The van der Waals surface area contributed by atoms with Crippen LogP contribution < -0.4 is 16.0 Å². The molecule has 0 aliphatic heterocycles. The third-order valence-electron chi connectivity index (χ3n) is 1.55. The molecule has 0 saturated carbocycles. The maximum atomic E-state index is 9.23. The van der Waals surface area contributed by atoms with Gasteiger partial charge in [0, 0.05) is 6.54 Å². The van der Waals surface area contributed by atoms with Gasteiger partial charge in [0.1, 0.15) is 0 Å². The molecule has 0 aliphatic carbocycles. The summed E-state index contributed by atoms with van der Waals surface area (Å²) in [5, 5.41) is 9.23. The van der Waals surface area contributed by atoms with Crippen LogP contribution in [0.3, 0.4) is 0 Å². The summed E-state index contributed by atoms with van der Waals surface area (Å²) in [4.78, 5) is 0. The number of benzene rings is 1. The number of phenolic OH excluding ortho intramolecular Hbond substituents is 1. The average Bonchev–Trinajstić information content (AvgIpc) is 2.09. The number of hydrazine groups is 1. The van der Waals surface area contributed by atoms with Crippen LogP contribution in [0.4, 0.5) is 0 Å². The first-order valence-electron chi connectivity index (χ1n) is 3.57. The Balaban J connectivity index is 2.89. The molecule has 1 rings (SSSR count). The number of ether oxygens (including phenoxy) is 1. The van der Waals surface area contributed by atoms with Crippen LogP contribution in [0.15, 0.2) is 18.2 Å². The number of aromatic hydroxyl groups is 1. The number of nitrogens with two attached hydrogens (primary N) is 1. The van der Waals surface area contributed by atoms with E-state index in [1.165, 1.54) is 7.11 Å². The number of methoxy groups -OCH3 is 1. The minimum absolute atomic E-state index is 0.137. The van der Waals surface area contributed by atoms with Crippen LogP contribution in [0.5, 0.6) is 11.5 Å². The lowest BCUT2D eigenvalue weighted by Crippen LogP contribution is -2.20. The molecule has 0 saturated heterocycles. The Bertz CT molecular complexity index is 263. The molecule has 4 N–H and O–H groups in total. The number of hydrogen-bond acceptors (Lipinski definition) is 4. The maximum absolute atomic E-state index is 9.23. The molecule has 0 fully saturated rings. The zero-order valence-electron chi connectivity index (χ0n) is 6.87. The Hall–Kier alpha value is -1.26. The van der Waals surface area contributed by atoms with Gasteiger partial charge < -0.3 is 9.84 Å². The summed E-state index contributed by atoms with van der Waals surface area (Å²) in [5.74, 6) is 5.73. The highest BCUT2D eigenvalue weighted by Gasteiger charge is 2.00. The molecule has 66 valence electrons. The number of nitrogens with one attached hydrogen (secondary N) is 1. The van der Waals surface area contributed by atoms with E-state index in [-0.39, 0.29) is 5.75 Å². The quantitative estimate of drug-likeness (QED) is 0.450. The molecule has 0 radical (unpaired) electrons. The summed E-state index contributed by atoms with van der Waals surface area (Å²) in [6, 6.07) is 5.08.